The maximum Gasteiger partial charge on any atom is 0.451 e. The third-order valence-corrected chi connectivity index (χ3v) is 3.84. The Hall–Kier alpha value is -2.06. The van der Waals surface area contributed by atoms with E-state index < -0.39 is 12.0 Å². The first-order valence-corrected chi connectivity index (χ1v) is 7.01. The summed E-state index contributed by atoms with van der Waals surface area (Å²) in [6.45, 7) is 0.0816. The molecule has 2 aliphatic rings. The minimum atomic E-state index is -4.68. The van der Waals surface area contributed by atoms with Gasteiger partial charge < -0.3 is 10.3 Å². The van der Waals surface area contributed by atoms with Crippen LogP contribution in [-0.4, -0.2) is 19.5 Å². The zero-order valence-corrected chi connectivity index (χ0v) is 12.8. The van der Waals surface area contributed by atoms with Crippen molar-refractivity contribution in [3.05, 3.63) is 46.0 Å². The number of nitrogens with zero attached hydrogens (tertiary/aromatic N) is 4. The predicted molar refractivity (Wildman–Crippen MR) is 79.4 cm³/mol. The van der Waals surface area contributed by atoms with E-state index >= 15 is 0 Å². The Labute approximate surface area is 138 Å². The summed E-state index contributed by atoms with van der Waals surface area (Å²) >= 11 is 12.2. The van der Waals surface area contributed by atoms with Gasteiger partial charge in [-0.05, 0) is 12.1 Å². The van der Waals surface area contributed by atoms with Crippen molar-refractivity contribution in [1.82, 2.24) is 19.5 Å². The maximum absolute atomic E-state index is 12.8. The second kappa shape index (κ2) is 5.54. The summed E-state index contributed by atoms with van der Waals surface area (Å²) in [6.07, 6.45) is -3.41. The van der Waals surface area contributed by atoms with Crippen LogP contribution in [0.1, 0.15) is 11.4 Å². The highest BCUT2D eigenvalue weighted by Crippen LogP contribution is 2.33. The fourth-order valence-corrected chi connectivity index (χ4v) is 2.57. The first kappa shape index (κ1) is 15.8. The molecule has 10 heteroatoms. The van der Waals surface area contributed by atoms with Gasteiger partial charge in [-0.15, -0.1) is 0 Å². The fourth-order valence-electron chi connectivity index (χ4n) is 2.05. The van der Waals surface area contributed by atoms with E-state index in [-0.39, 0.29) is 23.9 Å². The summed E-state index contributed by atoms with van der Waals surface area (Å²) in [6, 6.07) is 4.92. The van der Waals surface area contributed by atoms with Crippen molar-refractivity contribution in [2.24, 2.45) is 0 Å². The van der Waals surface area contributed by atoms with Gasteiger partial charge in [-0.25, -0.2) is 15.0 Å². The van der Waals surface area contributed by atoms with Crippen LogP contribution < -0.4 is 5.73 Å². The van der Waals surface area contributed by atoms with Crippen LogP contribution >= 0.6 is 23.2 Å². The van der Waals surface area contributed by atoms with Gasteiger partial charge in [0.1, 0.15) is 0 Å². The molecular formula is C13H8Cl2F3N5. The van der Waals surface area contributed by atoms with Crippen molar-refractivity contribution >= 4 is 29.0 Å². The summed E-state index contributed by atoms with van der Waals surface area (Å²) in [7, 11) is 0. The predicted octanol–water partition coefficient (Wildman–Crippen LogP) is 3.73. The Morgan fingerprint density at radius 1 is 1.13 bits per heavy atom. The third kappa shape index (κ3) is 2.91. The topological polar surface area (TPSA) is 69.6 Å². The molecule has 0 bridgehead atoms. The molecular weight excluding hydrogens is 354 g/mol. The Morgan fingerprint density at radius 2 is 1.78 bits per heavy atom. The van der Waals surface area contributed by atoms with Crippen LogP contribution in [0, 0.1) is 0 Å². The number of hydrogen-bond acceptors (Lipinski definition) is 4. The highest BCUT2D eigenvalue weighted by atomic mass is 35.5. The van der Waals surface area contributed by atoms with Crippen molar-refractivity contribution < 1.29 is 13.2 Å². The Bertz CT molecular complexity index is 826. The molecule has 2 aliphatic heterocycles. The van der Waals surface area contributed by atoms with Gasteiger partial charge in [-0.3, -0.25) is 0 Å². The molecule has 0 radical (unpaired) electrons. The summed E-state index contributed by atoms with van der Waals surface area (Å²) in [4.78, 5) is 10.8. The lowest BCUT2D eigenvalue weighted by Gasteiger charge is -2.13. The van der Waals surface area contributed by atoms with E-state index in [2.05, 4.69) is 15.0 Å². The molecule has 2 N–H and O–H groups in total. The van der Waals surface area contributed by atoms with Crippen molar-refractivity contribution in [3.63, 3.8) is 0 Å². The molecule has 2 heterocycles. The number of rotatable bonds is 2. The first-order chi connectivity index (χ1) is 10.8. The van der Waals surface area contributed by atoms with E-state index in [1.165, 1.54) is 10.9 Å². The maximum atomic E-state index is 12.8. The molecule has 3 rings (SSSR count). The molecule has 1 aromatic carbocycles. The summed E-state index contributed by atoms with van der Waals surface area (Å²) < 4.78 is 39.8. The number of benzene rings is 1. The van der Waals surface area contributed by atoms with Crippen LogP contribution in [0.2, 0.25) is 10.0 Å². The van der Waals surface area contributed by atoms with Gasteiger partial charge in [-0.2, -0.15) is 13.2 Å². The number of aromatic nitrogens is 4. The minimum Gasteiger partial charge on any atom is -0.382 e. The second-order valence-electron chi connectivity index (χ2n) is 4.68. The van der Waals surface area contributed by atoms with Crippen LogP contribution in [0.5, 0.6) is 0 Å². The van der Waals surface area contributed by atoms with Crippen LogP contribution in [0.3, 0.4) is 0 Å². The average molecular weight is 362 g/mol. The van der Waals surface area contributed by atoms with Crippen LogP contribution in [-0.2, 0) is 12.7 Å². The lowest BCUT2D eigenvalue weighted by Crippen LogP contribution is -2.10. The van der Waals surface area contributed by atoms with Gasteiger partial charge in [0, 0.05) is 15.6 Å². The number of hydrogen-bond donors (Lipinski definition) is 1. The lowest BCUT2D eigenvalue weighted by molar-refractivity contribution is -0.144. The first-order valence-electron chi connectivity index (χ1n) is 6.26. The summed E-state index contributed by atoms with van der Waals surface area (Å²) in [5.74, 6) is -1.45. The zero-order chi connectivity index (χ0) is 16.8. The average Bonchev–Trinajstić information content (AvgIpc) is 2.91. The van der Waals surface area contributed by atoms with Crippen LogP contribution in [0.25, 0.3) is 11.5 Å². The van der Waals surface area contributed by atoms with Gasteiger partial charge >= 0.3 is 6.18 Å². The number of alkyl halides is 3. The Morgan fingerprint density at radius 3 is 2.39 bits per heavy atom. The SMILES string of the molecule is Nc1ncn(Cc2c(Cl)cccc2Cl)c2nc(C(F)(F)F)nc1-2. The van der Waals surface area contributed by atoms with Crippen molar-refractivity contribution in [1.29, 1.82) is 0 Å². The van der Waals surface area contributed by atoms with E-state index in [0.29, 0.717) is 15.6 Å². The summed E-state index contributed by atoms with van der Waals surface area (Å²) in [5, 5.41) is 0.760. The fraction of sp³-hybridized carbons (Fsp3) is 0.154. The number of halogens is 5. The standard InChI is InChI=1S/C13H8Cl2F3N5/c14-7-2-1-3-8(15)6(7)4-23-5-20-10(19)9-11(23)22-12(21-9)13(16,17)18/h1-3,5H,4,19H2. The monoisotopic (exact) mass is 361 g/mol. The highest BCUT2D eigenvalue weighted by molar-refractivity contribution is 6.35. The largest absolute Gasteiger partial charge is 0.451 e. The highest BCUT2D eigenvalue weighted by Gasteiger charge is 2.38. The molecule has 5 nitrogen and oxygen atoms in total. The molecule has 0 saturated heterocycles. The number of nitrogen functional groups attached to an aromatic ring is 1. The van der Waals surface area contributed by atoms with Crippen molar-refractivity contribution in [3.8, 4) is 11.5 Å². The molecule has 0 saturated carbocycles. The zero-order valence-electron chi connectivity index (χ0n) is 11.3. The quantitative estimate of drug-likeness (QED) is 0.754. The van der Waals surface area contributed by atoms with E-state index in [1.54, 1.807) is 18.2 Å². The molecule has 0 unspecified atom stereocenters. The van der Waals surface area contributed by atoms with Gasteiger partial charge in [0.2, 0.25) is 5.82 Å². The molecule has 0 aliphatic carbocycles. The van der Waals surface area contributed by atoms with Gasteiger partial charge in [-0.1, -0.05) is 29.3 Å². The minimum absolute atomic E-state index is 0.0409. The second-order valence-corrected chi connectivity index (χ2v) is 5.49. The Balaban J connectivity index is 2.12. The van der Waals surface area contributed by atoms with Gasteiger partial charge in [0.15, 0.2) is 17.3 Å². The smallest absolute Gasteiger partial charge is 0.382 e. The van der Waals surface area contributed by atoms with Crippen molar-refractivity contribution in [2.45, 2.75) is 12.7 Å². The van der Waals surface area contributed by atoms with E-state index in [9.17, 15) is 13.2 Å². The van der Waals surface area contributed by atoms with E-state index in [1.807, 2.05) is 0 Å². The molecule has 0 aromatic heterocycles. The number of anilines is 1. The summed E-state index contributed by atoms with van der Waals surface area (Å²) in [5.41, 5.74) is 6.00. The number of nitrogens with two attached hydrogens (primary N) is 1. The number of fused-ring (bicyclic) bond motifs is 1. The lowest BCUT2D eigenvalue weighted by atomic mass is 10.2. The third-order valence-electron chi connectivity index (χ3n) is 3.14. The van der Waals surface area contributed by atoms with Crippen LogP contribution in [0.4, 0.5) is 19.0 Å². The van der Waals surface area contributed by atoms with Crippen LogP contribution in [0.15, 0.2) is 24.5 Å². The normalized spacial score (nSPS) is 12.0. The molecule has 0 atom stereocenters. The molecule has 23 heavy (non-hydrogen) atoms. The van der Waals surface area contributed by atoms with Gasteiger partial charge in [0.05, 0.1) is 12.9 Å². The van der Waals surface area contributed by atoms with E-state index in [0.717, 1.165) is 0 Å². The number of imidazole rings is 1. The molecule has 0 spiro atoms. The molecule has 0 fully saturated rings. The molecule has 0 amide bonds. The van der Waals surface area contributed by atoms with Crippen molar-refractivity contribution in [2.75, 3.05) is 5.73 Å². The molecule has 120 valence electrons. The Kier molecular flexibility index (Phi) is 3.81. The van der Waals surface area contributed by atoms with E-state index in [4.69, 9.17) is 28.9 Å². The van der Waals surface area contributed by atoms with Gasteiger partial charge in [0.25, 0.3) is 0 Å². The molecule has 1 aromatic rings.